The van der Waals surface area contributed by atoms with Gasteiger partial charge in [-0.25, -0.2) is 4.39 Å². The second-order valence-electron chi connectivity index (χ2n) is 4.71. The largest absolute Gasteiger partial charge is 0.299 e. The molecule has 0 amide bonds. The quantitative estimate of drug-likeness (QED) is 0.821. The molecule has 1 aromatic rings. The standard InChI is InChI=1S/C14H16BrFOS/c15-14-2-1-12(16)8-11(14)9-13(17)7-10-3-5-18-6-4-10/h1-2,8,10H,3-7,9H2. The summed E-state index contributed by atoms with van der Waals surface area (Å²) in [7, 11) is 0. The van der Waals surface area contributed by atoms with E-state index in [2.05, 4.69) is 15.9 Å². The van der Waals surface area contributed by atoms with E-state index in [1.54, 1.807) is 6.07 Å². The summed E-state index contributed by atoms with van der Waals surface area (Å²) in [5.74, 6) is 2.81. The maximum atomic E-state index is 13.1. The maximum absolute atomic E-state index is 13.1. The second-order valence-corrected chi connectivity index (χ2v) is 6.79. The highest BCUT2D eigenvalue weighted by Gasteiger charge is 2.18. The molecule has 1 fully saturated rings. The first-order valence-electron chi connectivity index (χ1n) is 6.18. The Bertz CT molecular complexity index is 430. The molecule has 0 spiro atoms. The third-order valence-electron chi connectivity index (χ3n) is 3.25. The van der Waals surface area contributed by atoms with Crippen LogP contribution >= 0.6 is 27.7 Å². The van der Waals surface area contributed by atoms with Crippen LogP contribution < -0.4 is 0 Å². The van der Waals surface area contributed by atoms with Gasteiger partial charge in [0.2, 0.25) is 0 Å². The third-order valence-corrected chi connectivity index (χ3v) is 5.07. The van der Waals surface area contributed by atoms with Crippen LogP contribution in [0.3, 0.4) is 0 Å². The Balaban J connectivity index is 1.92. The maximum Gasteiger partial charge on any atom is 0.137 e. The lowest BCUT2D eigenvalue weighted by atomic mass is 9.94. The zero-order valence-corrected chi connectivity index (χ0v) is 12.5. The average Bonchev–Trinajstić information content (AvgIpc) is 2.35. The molecular weight excluding hydrogens is 315 g/mol. The minimum Gasteiger partial charge on any atom is -0.299 e. The van der Waals surface area contributed by atoms with Crippen LogP contribution in [0.1, 0.15) is 24.8 Å². The van der Waals surface area contributed by atoms with Gasteiger partial charge in [0, 0.05) is 17.3 Å². The van der Waals surface area contributed by atoms with E-state index < -0.39 is 0 Å². The van der Waals surface area contributed by atoms with Gasteiger partial charge in [-0.3, -0.25) is 4.79 Å². The van der Waals surface area contributed by atoms with Crippen molar-refractivity contribution in [2.24, 2.45) is 5.92 Å². The van der Waals surface area contributed by atoms with Crippen molar-refractivity contribution in [3.05, 3.63) is 34.1 Å². The number of carbonyl (C=O) groups excluding carboxylic acids is 1. The highest BCUT2D eigenvalue weighted by atomic mass is 79.9. The SMILES string of the molecule is O=C(Cc1cc(F)ccc1Br)CC1CCSCC1. The zero-order valence-electron chi connectivity index (χ0n) is 10.1. The van der Waals surface area contributed by atoms with Gasteiger partial charge in [0.1, 0.15) is 11.6 Å². The van der Waals surface area contributed by atoms with Crippen molar-refractivity contribution in [3.63, 3.8) is 0 Å². The molecule has 2 rings (SSSR count). The Morgan fingerprint density at radius 1 is 1.39 bits per heavy atom. The van der Waals surface area contributed by atoms with Crippen molar-refractivity contribution in [2.45, 2.75) is 25.7 Å². The highest BCUT2D eigenvalue weighted by Crippen LogP contribution is 2.26. The lowest BCUT2D eigenvalue weighted by molar-refractivity contribution is -0.119. The molecule has 0 aliphatic carbocycles. The first-order valence-corrected chi connectivity index (χ1v) is 8.13. The minimum absolute atomic E-state index is 0.221. The minimum atomic E-state index is -0.282. The van der Waals surface area contributed by atoms with Crippen LogP contribution in [0.25, 0.3) is 0 Å². The van der Waals surface area contributed by atoms with Gasteiger partial charge in [-0.05, 0) is 54.0 Å². The molecule has 4 heteroatoms. The van der Waals surface area contributed by atoms with Gasteiger partial charge in [0.25, 0.3) is 0 Å². The second kappa shape index (κ2) is 6.71. The predicted molar refractivity (Wildman–Crippen MR) is 77.5 cm³/mol. The summed E-state index contributed by atoms with van der Waals surface area (Å²) >= 11 is 5.33. The summed E-state index contributed by atoms with van der Waals surface area (Å²) in [5, 5.41) is 0. The lowest BCUT2D eigenvalue weighted by Crippen LogP contribution is -2.15. The summed E-state index contributed by atoms with van der Waals surface area (Å²) < 4.78 is 13.9. The number of Topliss-reactive ketones (excluding diaryl/α,β-unsaturated/α-hetero) is 1. The average molecular weight is 331 g/mol. The molecule has 1 nitrogen and oxygen atoms in total. The number of hydrogen-bond acceptors (Lipinski definition) is 2. The van der Waals surface area contributed by atoms with Gasteiger partial charge in [0.15, 0.2) is 0 Å². The number of halogens is 2. The van der Waals surface area contributed by atoms with E-state index >= 15 is 0 Å². The van der Waals surface area contributed by atoms with E-state index in [0.717, 1.165) is 22.9 Å². The predicted octanol–water partition coefficient (Wildman–Crippen LogP) is 4.23. The van der Waals surface area contributed by atoms with Crippen molar-refractivity contribution in [1.29, 1.82) is 0 Å². The van der Waals surface area contributed by atoms with Gasteiger partial charge in [-0.1, -0.05) is 15.9 Å². The number of rotatable bonds is 4. The van der Waals surface area contributed by atoms with E-state index in [4.69, 9.17) is 0 Å². The van der Waals surface area contributed by atoms with Crippen LogP contribution in [-0.4, -0.2) is 17.3 Å². The monoisotopic (exact) mass is 330 g/mol. The molecule has 0 aromatic heterocycles. The molecule has 0 N–H and O–H groups in total. The molecule has 0 saturated carbocycles. The molecule has 18 heavy (non-hydrogen) atoms. The van der Waals surface area contributed by atoms with Crippen molar-refractivity contribution >= 4 is 33.5 Å². The Morgan fingerprint density at radius 2 is 2.11 bits per heavy atom. The van der Waals surface area contributed by atoms with Crippen LogP contribution in [-0.2, 0) is 11.2 Å². The molecule has 0 bridgehead atoms. The molecule has 1 saturated heterocycles. The molecule has 1 aromatic carbocycles. The smallest absolute Gasteiger partial charge is 0.137 e. The Labute approximate surface area is 120 Å². The summed E-state index contributed by atoms with van der Waals surface area (Å²) in [5.41, 5.74) is 0.755. The van der Waals surface area contributed by atoms with E-state index in [0.29, 0.717) is 18.8 Å². The number of ketones is 1. The van der Waals surface area contributed by atoms with Crippen molar-refractivity contribution in [2.75, 3.05) is 11.5 Å². The first-order chi connectivity index (χ1) is 8.65. The third kappa shape index (κ3) is 4.09. The van der Waals surface area contributed by atoms with E-state index in [1.807, 2.05) is 11.8 Å². The van der Waals surface area contributed by atoms with E-state index in [9.17, 15) is 9.18 Å². The Morgan fingerprint density at radius 3 is 2.83 bits per heavy atom. The summed E-state index contributed by atoms with van der Waals surface area (Å²) in [6, 6.07) is 4.50. The topological polar surface area (TPSA) is 17.1 Å². The van der Waals surface area contributed by atoms with Crippen LogP contribution in [0, 0.1) is 11.7 Å². The molecular formula is C14H16BrFOS. The normalized spacial score (nSPS) is 16.8. The summed E-state index contributed by atoms with van der Waals surface area (Å²) in [6.45, 7) is 0. The van der Waals surface area contributed by atoms with Crippen molar-refractivity contribution < 1.29 is 9.18 Å². The van der Waals surface area contributed by atoms with E-state index in [-0.39, 0.29) is 11.6 Å². The van der Waals surface area contributed by atoms with Gasteiger partial charge in [0.05, 0.1) is 0 Å². The van der Waals surface area contributed by atoms with E-state index in [1.165, 1.54) is 23.6 Å². The molecule has 98 valence electrons. The number of thioether (sulfide) groups is 1. The molecule has 0 radical (unpaired) electrons. The van der Waals surface area contributed by atoms with Crippen LogP contribution in [0.5, 0.6) is 0 Å². The van der Waals surface area contributed by atoms with Gasteiger partial charge in [-0.15, -0.1) is 0 Å². The molecule has 0 atom stereocenters. The lowest BCUT2D eigenvalue weighted by Gasteiger charge is -2.20. The first kappa shape index (κ1) is 14.1. The van der Waals surface area contributed by atoms with Gasteiger partial charge in [-0.2, -0.15) is 11.8 Å². The fraction of sp³-hybridized carbons (Fsp3) is 0.500. The van der Waals surface area contributed by atoms with Crippen molar-refractivity contribution in [3.8, 4) is 0 Å². The van der Waals surface area contributed by atoms with Crippen molar-refractivity contribution in [1.82, 2.24) is 0 Å². The van der Waals surface area contributed by atoms with Gasteiger partial charge >= 0.3 is 0 Å². The Hall–Kier alpha value is -0.350. The zero-order chi connectivity index (χ0) is 13.0. The molecule has 1 aliphatic rings. The molecule has 0 unspecified atom stereocenters. The van der Waals surface area contributed by atoms with Crippen LogP contribution in [0.15, 0.2) is 22.7 Å². The Kier molecular flexibility index (Phi) is 5.25. The van der Waals surface area contributed by atoms with Gasteiger partial charge < -0.3 is 0 Å². The fourth-order valence-electron chi connectivity index (χ4n) is 2.24. The van der Waals surface area contributed by atoms with Crippen LogP contribution in [0.2, 0.25) is 0 Å². The summed E-state index contributed by atoms with van der Waals surface area (Å²) in [6.07, 6.45) is 3.26. The fourth-order valence-corrected chi connectivity index (χ4v) is 3.83. The van der Waals surface area contributed by atoms with Crippen LogP contribution in [0.4, 0.5) is 4.39 Å². The number of benzene rings is 1. The number of hydrogen-bond donors (Lipinski definition) is 0. The summed E-state index contributed by atoms with van der Waals surface area (Å²) in [4.78, 5) is 12.0. The number of carbonyl (C=O) groups is 1. The highest BCUT2D eigenvalue weighted by molar-refractivity contribution is 9.10. The molecule has 1 aliphatic heterocycles. The molecule has 1 heterocycles.